The molecular formula is C51H78IN15O14. The van der Waals surface area contributed by atoms with Crippen LogP contribution in [0.1, 0.15) is 140 Å². The van der Waals surface area contributed by atoms with E-state index in [1.165, 1.54) is 12.4 Å². The smallest absolute Gasteiger partial charge is 0.414 e. The van der Waals surface area contributed by atoms with Gasteiger partial charge in [0.05, 0.1) is 63.6 Å². The molecule has 4 rings (SSSR count). The fraction of sp³-hybridized carbons (Fsp3) is 0.627. The van der Waals surface area contributed by atoms with Crippen LogP contribution >= 0.6 is 22.6 Å². The van der Waals surface area contributed by atoms with Crippen molar-refractivity contribution >= 4 is 64.9 Å². The molecule has 448 valence electrons. The molecule has 4 amide bonds. The Morgan fingerprint density at radius 2 is 0.914 bits per heavy atom. The maximum absolute atomic E-state index is 12.7. The van der Waals surface area contributed by atoms with Crippen LogP contribution in [0.3, 0.4) is 0 Å². The molecule has 4 N–H and O–H groups in total. The lowest BCUT2D eigenvalue weighted by Gasteiger charge is -2.32. The summed E-state index contributed by atoms with van der Waals surface area (Å²) >= 11 is 2.22. The number of aryl methyl sites for hydroxylation is 1. The summed E-state index contributed by atoms with van der Waals surface area (Å²) < 4.78 is 54.9. The number of nitrogens with zero attached hydrogens (tertiary/aromatic N) is 11. The van der Waals surface area contributed by atoms with Crippen LogP contribution in [0, 0.1) is 8.99 Å². The molecule has 3 aromatic heterocycles. The summed E-state index contributed by atoms with van der Waals surface area (Å²) in [6, 6.07) is 7.83. The maximum Gasteiger partial charge on any atom is 0.414 e. The van der Waals surface area contributed by atoms with Gasteiger partial charge in [-0.05, 0) is 167 Å². The number of halogens is 1. The highest BCUT2D eigenvalue weighted by molar-refractivity contribution is 14.1. The molecule has 0 unspecified atom stereocenters. The third-order valence-corrected chi connectivity index (χ3v) is 10.0. The van der Waals surface area contributed by atoms with E-state index in [1.807, 2.05) is 45.0 Å². The van der Waals surface area contributed by atoms with Crippen LogP contribution in [-0.4, -0.2) is 142 Å². The number of benzene rings is 1. The normalized spacial score (nSPS) is 12.1. The highest BCUT2D eigenvalue weighted by Crippen LogP contribution is 2.25. The monoisotopic (exact) mass is 1250 g/mol. The third kappa shape index (κ3) is 28.8. The van der Waals surface area contributed by atoms with Gasteiger partial charge in [-0.25, -0.2) is 23.9 Å². The number of rotatable bonds is 22. The zero-order valence-corrected chi connectivity index (χ0v) is 51.0. The zero-order chi connectivity index (χ0) is 60.2. The molecule has 0 aliphatic carbocycles. The molecule has 1 aromatic carbocycles. The van der Waals surface area contributed by atoms with Crippen LogP contribution in [0.4, 0.5) is 19.2 Å². The summed E-state index contributed by atoms with van der Waals surface area (Å²) in [6.45, 7) is 25.7. The van der Waals surface area contributed by atoms with Crippen molar-refractivity contribution in [3.63, 3.8) is 0 Å². The number of ether oxygens (including phenoxy) is 9. The molecule has 4 aromatic rings. The summed E-state index contributed by atoms with van der Waals surface area (Å²) in [5, 5.41) is 42.9. The van der Waals surface area contributed by atoms with Crippen molar-refractivity contribution in [1.29, 1.82) is 0 Å². The average molecular weight is 1250 g/mol. The lowest BCUT2D eigenvalue weighted by atomic mass is 9.92. The van der Waals surface area contributed by atoms with Crippen molar-refractivity contribution in [3.8, 4) is 5.88 Å². The number of aromatic nitrogens is 9. The number of hydrogen-bond donors (Lipinski definition) is 4. The molecule has 29 nitrogen and oxygen atoms in total. The Bertz CT molecular complexity index is 2560. The molecule has 0 radical (unpaired) electrons. The summed E-state index contributed by atoms with van der Waals surface area (Å²) in [7, 11) is 0. The van der Waals surface area contributed by atoms with Crippen molar-refractivity contribution in [2.24, 2.45) is 15.6 Å². The Morgan fingerprint density at radius 3 is 1.32 bits per heavy atom. The molecule has 0 spiro atoms. The minimum atomic E-state index is -1.10. The first-order chi connectivity index (χ1) is 37.6. The number of alkyl carbamates (subject to hydrolysis) is 4. The fourth-order valence-corrected chi connectivity index (χ4v) is 6.71. The van der Waals surface area contributed by atoms with Gasteiger partial charge in [0.2, 0.25) is 11.9 Å². The van der Waals surface area contributed by atoms with Gasteiger partial charge in [-0.2, -0.15) is 0 Å². The second kappa shape index (κ2) is 29.6. The number of nitrogens with one attached hydrogen (secondary N) is 4. The van der Waals surface area contributed by atoms with Crippen LogP contribution in [0.2, 0.25) is 0 Å². The molecule has 30 heteroatoms. The number of unbranched alkanes of at least 4 members (excludes halogenated alkanes) is 1. The number of amides is 4. The van der Waals surface area contributed by atoms with Gasteiger partial charge in [0, 0.05) is 16.5 Å². The van der Waals surface area contributed by atoms with Crippen molar-refractivity contribution in [3.05, 3.63) is 63.4 Å². The van der Waals surface area contributed by atoms with E-state index in [0.717, 1.165) is 18.7 Å². The topological polar surface area (TPSA) is 333 Å². The van der Waals surface area contributed by atoms with Gasteiger partial charge >= 0.3 is 30.3 Å². The van der Waals surface area contributed by atoms with Crippen molar-refractivity contribution < 1.29 is 66.6 Å². The van der Waals surface area contributed by atoms with Crippen molar-refractivity contribution in [2.45, 2.75) is 177 Å². The Morgan fingerprint density at radius 1 is 0.506 bits per heavy atom. The quantitative estimate of drug-likeness (QED) is 0.0155. The van der Waals surface area contributed by atoms with Crippen LogP contribution in [0.25, 0.3) is 0 Å². The minimum Gasteiger partial charge on any atom is -0.475 e. The highest BCUT2D eigenvalue weighted by Gasteiger charge is 2.35. The van der Waals surface area contributed by atoms with E-state index in [9.17, 15) is 24.0 Å². The van der Waals surface area contributed by atoms with E-state index >= 15 is 0 Å². The molecule has 0 aliphatic heterocycles. The SMILES string of the molecule is CC(C)(C)OC(=O)CCCCn1cc(OCC(COCc2ccc(I)cc2)(COCc2cn(N=C(NC(=O)OC(C)(C)C)NC(=O)OC(C)(C)C)nn2)COCc2cn(N=C(NC(=O)OC(C)(C)C)NC(=O)OC(C)(C)C)nn2)nn1. The van der Waals surface area contributed by atoms with E-state index in [2.05, 4.69) is 85.0 Å². The molecule has 0 saturated carbocycles. The molecule has 0 atom stereocenters. The first-order valence-corrected chi connectivity index (χ1v) is 26.9. The van der Waals surface area contributed by atoms with Gasteiger partial charge < -0.3 is 42.6 Å². The third-order valence-electron chi connectivity index (χ3n) is 9.33. The largest absolute Gasteiger partial charge is 0.475 e. The van der Waals surface area contributed by atoms with Crippen LogP contribution in [0.5, 0.6) is 5.88 Å². The maximum atomic E-state index is 12.7. The number of esters is 1. The molecule has 3 heterocycles. The molecule has 0 saturated heterocycles. The minimum absolute atomic E-state index is 0.0117. The van der Waals surface area contributed by atoms with Crippen LogP contribution in [0.15, 0.2) is 53.1 Å². The van der Waals surface area contributed by atoms with Gasteiger partial charge in [-0.3, -0.25) is 26.1 Å². The Hall–Kier alpha value is -7.06. The van der Waals surface area contributed by atoms with Gasteiger partial charge in [-0.1, -0.05) is 22.4 Å². The predicted molar refractivity (Wildman–Crippen MR) is 299 cm³/mol. The number of guanidine groups is 2. The van der Waals surface area contributed by atoms with Crippen LogP contribution in [-0.2, 0) is 69.1 Å². The van der Waals surface area contributed by atoms with Crippen molar-refractivity contribution in [1.82, 2.24) is 66.5 Å². The molecule has 0 fully saturated rings. The zero-order valence-electron chi connectivity index (χ0n) is 48.8. The van der Waals surface area contributed by atoms with E-state index in [4.69, 9.17) is 42.6 Å². The van der Waals surface area contributed by atoms with Crippen molar-refractivity contribution in [2.75, 3.05) is 26.4 Å². The number of carbonyl (C=O) groups is 5. The summed E-state index contributed by atoms with van der Waals surface area (Å²) in [4.78, 5) is 65.3. The number of carbonyl (C=O) groups excluding carboxylic acids is 5. The summed E-state index contributed by atoms with van der Waals surface area (Å²) in [5.41, 5.74) is -3.68. The van der Waals surface area contributed by atoms with E-state index in [1.54, 1.807) is 94.0 Å². The van der Waals surface area contributed by atoms with E-state index in [0.29, 0.717) is 19.4 Å². The van der Waals surface area contributed by atoms with Gasteiger partial charge in [-0.15, -0.1) is 30.0 Å². The average Bonchev–Trinajstić information content (AvgIpc) is 4.07. The Kier molecular flexibility index (Phi) is 24.3. The predicted octanol–water partition coefficient (Wildman–Crippen LogP) is 6.93. The lowest BCUT2D eigenvalue weighted by molar-refractivity contribution is -0.154. The molecule has 0 bridgehead atoms. The first kappa shape index (κ1) is 66.5. The van der Waals surface area contributed by atoms with Crippen LogP contribution < -0.4 is 26.0 Å². The summed E-state index contributed by atoms with van der Waals surface area (Å²) in [6.07, 6.45) is 2.27. The highest BCUT2D eigenvalue weighted by atomic mass is 127. The Balaban J connectivity index is 1.62. The van der Waals surface area contributed by atoms with E-state index in [-0.39, 0.29) is 87.8 Å². The number of hydrogen-bond acceptors (Lipinski definition) is 22. The molecular weight excluding hydrogens is 1170 g/mol. The second-order valence-electron chi connectivity index (χ2n) is 23.4. The van der Waals surface area contributed by atoms with Gasteiger partial charge in [0.1, 0.15) is 46.0 Å². The van der Waals surface area contributed by atoms with E-state index < -0.39 is 57.8 Å². The Labute approximate surface area is 484 Å². The van der Waals surface area contributed by atoms with Gasteiger partial charge in [0.15, 0.2) is 0 Å². The molecule has 0 aliphatic rings. The first-order valence-electron chi connectivity index (χ1n) is 25.8. The second-order valence-corrected chi connectivity index (χ2v) is 24.7. The van der Waals surface area contributed by atoms with Gasteiger partial charge in [0.25, 0.3) is 5.88 Å². The summed E-state index contributed by atoms with van der Waals surface area (Å²) in [5.74, 6) is -0.823. The lowest BCUT2D eigenvalue weighted by Crippen LogP contribution is -2.47. The standard InChI is InChI=1S/C51H78IN15O14/c1-46(2,3)77-39(68)18-16-17-23-65-26-38(59-62-65)76-33-51(30-73-27-34-19-21-35(52)22-20-34,31-74-28-36-24-66(63-57-36)60-40(53-42(69)78-47(4,5)6)54-43(70)79-48(7,8)9)32-75-29-37-25-67(64-58-37)61-41(55-44(71)80-49(10,11)12)56-45(72)81-50(13,14)15/h19-22,24-26H,16-18,23,27-33H2,1-15H3,(H2,53,54,60,69,70)(H2,55,56,61,71,72). The fourth-order valence-electron chi connectivity index (χ4n) is 6.35. The molecule has 81 heavy (non-hydrogen) atoms.